The zero-order chi connectivity index (χ0) is 18.5. The van der Waals surface area contributed by atoms with E-state index in [0.29, 0.717) is 18.0 Å². The van der Waals surface area contributed by atoms with Gasteiger partial charge in [-0.2, -0.15) is 4.31 Å². The summed E-state index contributed by atoms with van der Waals surface area (Å²) in [7, 11) is -1.82. The smallest absolute Gasteiger partial charge is 0.261 e. The Morgan fingerprint density at radius 1 is 0.885 bits per heavy atom. The molecule has 1 saturated heterocycles. The predicted molar refractivity (Wildman–Crippen MR) is 105 cm³/mol. The maximum Gasteiger partial charge on any atom is 0.261 e. The molecule has 1 aliphatic heterocycles. The molecule has 0 saturated carbocycles. The molecule has 1 atom stereocenters. The first-order valence-electron chi connectivity index (χ1n) is 7.52. The van der Waals surface area contributed by atoms with Gasteiger partial charge in [0.1, 0.15) is 0 Å². The van der Waals surface area contributed by atoms with Crippen LogP contribution >= 0.6 is 23.1 Å². The van der Waals surface area contributed by atoms with Crippen molar-refractivity contribution < 1.29 is 16.8 Å². The molecule has 10 heteroatoms. The molecular weight excluding hydrogens is 419 g/mol. The van der Waals surface area contributed by atoms with E-state index in [9.17, 15) is 16.8 Å². The summed E-state index contributed by atoms with van der Waals surface area (Å²) in [4.78, 5) is 0.482. The van der Waals surface area contributed by atoms with Gasteiger partial charge < -0.3 is 5.73 Å². The Bertz CT molecular complexity index is 892. The summed E-state index contributed by atoms with van der Waals surface area (Å²) < 4.78 is 46.7. The largest absolute Gasteiger partial charge is 0.326 e. The average Bonchev–Trinajstić information content (AvgIpc) is 3.04. The second kappa shape index (κ2) is 9.68. The molecule has 0 bridgehead atoms. The number of nitrogens with two attached hydrogens (primary N) is 1. The van der Waals surface area contributed by atoms with Crippen molar-refractivity contribution in [3.05, 3.63) is 60.7 Å². The van der Waals surface area contributed by atoms with Gasteiger partial charge in [-0.1, -0.05) is 36.4 Å². The summed E-state index contributed by atoms with van der Waals surface area (Å²) >= 11 is 0. The third-order valence-corrected chi connectivity index (χ3v) is 6.84. The van der Waals surface area contributed by atoms with Crippen molar-refractivity contribution in [1.82, 2.24) is 4.31 Å². The highest BCUT2D eigenvalue weighted by atomic mass is 35.7. The molecular formula is C16H20Cl2N2O4S2. The molecule has 0 radical (unpaired) electrons. The quantitative estimate of drug-likeness (QED) is 0.741. The Kier molecular flexibility index (Phi) is 8.52. The number of halogens is 2. The van der Waals surface area contributed by atoms with Gasteiger partial charge in [-0.25, -0.2) is 16.8 Å². The van der Waals surface area contributed by atoms with E-state index in [1.807, 2.05) is 0 Å². The third kappa shape index (κ3) is 6.22. The van der Waals surface area contributed by atoms with Crippen molar-refractivity contribution in [1.29, 1.82) is 0 Å². The first-order valence-corrected chi connectivity index (χ1v) is 11.3. The van der Waals surface area contributed by atoms with Crippen LogP contribution in [0.15, 0.2) is 70.5 Å². The van der Waals surface area contributed by atoms with E-state index in [1.165, 1.54) is 16.4 Å². The highest BCUT2D eigenvalue weighted by Gasteiger charge is 2.30. The fourth-order valence-corrected chi connectivity index (χ4v) is 4.62. The molecule has 0 unspecified atom stereocenters. The van der Waals surface area contributed by atoms with E-state index in [0.717, 1.165) is 6.42 Å². The van der Waals surface area contributed by atoms with Gasteiger partial charge in [-0.05, 0) is 30.7 Å². The number of nitrogens with zero attached hydrogens (tertiary/aromatic N) is 1. The molecule has 1 heterocycles. The molecule has 2 aromatic carbocycles. The predicted octanol–water partition coefficient (Wildman–Crippen LogP) is 2.44. The van der Waals surface area contributed by atoms with Crippen LogP contribution in [0.4, 0.5) is 0 Å². The van der Waals surface area contributed by atoms with Crippen molar-refractivity contribution in [2.24, 2.45) is 5.73 Å². The second-order valence-electron chi connectivity index (χ2n) is 5.48. The average molecular weight is 439 g/mol. The van der Waals surface area contributed by atoms with Crippen molar-refractivity contribution in [3.8, 4) is 0 Å². The van der Waals surface area contributed by atoms with Crippen molar-refractivity contribution >= 4 is 42.2 Å². The first kappa shape index (κ1) is 22.9. The number of rotatable bonds is 3. The van der Waals surface area contributed by atoms with Gasteiger partial charge >= 0.3 is 0 Å². The number of benzene rings is 2. The van der Waals surface area contributed by atoms with Gasteiger partial charge in [0.15, 0.2) is 0 Å². The number of hydrogen-bond donors (Lipinski definition) is 1. The van der Waals surface area contributed by atoms with Crippen LogP contribution in [0.1, 0.15) is 6.42 Å². The highest BCUT2D eigenvalue weighted by Crippen LogP contribution is 2.19. The van der Waals surface area contributed by atoms with E-state index >= 15 is 0 Å². The minimum atomic E-state index is -3.53. The van der Waals surface area contributed by atoms with Gasteiger partial charge in [0, 0.05) is 29.8 Å². The molecule has 2 aromatic rings. The maximum atomic E-state index is 12.1. The van der Waals surface area contributed by atoms with Gasteiger partial charge in [0.2, 0.25) is 10.0 Å². The monoisotopic (exact) mass is 438 g/mol. The Labute approximate surface area is 164 Å². The van der Waals surface area contributed by atoms with Crippen molar-refractivity contribution in [3.63, 3.8) is 0 Å². The summed E-state index contributed by atoms with van der Waals surface area (Å²) in [5.41, 5.74) is 5.69. The minimum Gasteiger partial charge on any atom is -0.326 e. The summed E-state index contributed by atoms with van der Waals surface area (Å²) in [6.07, 6.45) is 0.742. The van der Waals surface area contributed by atoms with Crippen LogP contribution in [0.3, 0.4) is 0 Å². The molecule has 26 heavy (non-hydrogen) atoms. The first-order chi connectivity index (χ1) is 11.7. The Balaban J connectivity index is 0.000000270. The summed E-state index contributed by atoms with van der Waals surface area (Å²) in [5, 5.41) is 0. The second-order valence-corrected chi connectivity index (χ2v) is 9.98. The van der Waals surface area contributed by atoms with E-state index in [4.69, 9.17) is 16.4 Å². The molecule has 0 aliphatic carbocycles. The minimum absolute atomic E-state index is 0. The lowest BCUT2D eigenvalue weighted by molar-refractivity contribution is 0.472. The summed E-state index contributed by atoms with van der Waals surface area (Å²) in [6.45, 7) is 0.954. The zero-order valence-electron chi connectivity index (χ0n) is 13.7. The van der Waals surface area contributed by atoms with E-state index in [2.05, 4.69) is 0 Å². The normalized spacial score (nSPS) is 17.7. The third-order valence-electron chi connectivity index (χ3n) is 3.59. The Hall–Kier alpha value is -1.16. The van der Waals surface area contributed by atoms with Gasteiger partial charge in [-0.15, -0.1) is 12.4 Å². The molecule has 144 valence electrons. The molecule has 0 spiro atoms. The summed E-state index contributed by atoms with van der Waals surface area (Å²) in [6, 6.07) is 16.3. The topological polar surface area (TPSA) is 97.5 Å². The van der Waals surface area contributed by atoms with Crippen LogP contribution in [0.25, 0.3) is 0 Å². The SMILES string of the molecule is Cl.N[C@@H]1CCN(S(=O)(=O)c2ccccc2)C1.O=S(=O)(Cl)c1ccccc1. The lowest BCUT2D eigenvalue weighted by atomic mass is 10.3. The fourth-order valence-electron chi connectivity index (χ4n) is 2.30. The van der Waals surface area contributed by atoms with E-state index < -0.39 is 19.1 Å². The molecule has 1 fully saturated rings. The van der Waals surface area contributed by atoms with Crippen LogP contribution in [0.2, 0.25) is 0 Å². The van der Waals surface area contributed by atoms with Crippen LogP contribution in [-0.2, 0) is 19.1 Å². The van der Waals surface area contributed by atoms with Gasteiger partial charge in [0.05, 0.1) is 9.79 Å². The van der Waals surface area contributed by atoms with E-state index in [1.54, 1.807) is 48.5 Å². The summed E-state index contributed by atoms with van der Waals surface area (Å²) in [5.74, 6) is 0. The number of sulfonamides is 1. The molecule has 6 nitrogen and oxygen atoms in total. The van der Waals surface area contributed by atoms with Crippen molar-refractivity contribution in [2.75, 3.05) is 13.1 Å². The van der Waals surface area contributed by atoms with Crippen LogP contribution in [0, 0.1) is 0 Å². The maximum absolute atomic E-state index is 12.1. The Morgan fingerprint density at radius 2 is 1.35 bits per heavy atom. The Morgan fingerprint density at radius 3 is 1.69 bits per heavy atom. The van der Waals surface area contributed by atoms with Gasteiger partial charge in [-0.3, -0.25) is 0 Å². The number of hydrogen-bond acceptors (Lipinski definition) is 5. The van der Waals surface area contributed by atoms with E-state index in [-0.39, 0.29) is 23.3 Å². The van der Waals surface area contributed by atoms with Crippen LogP contribution in [0.5, 0.6) is 0 Å². The molecule has 1 aliphatic rings. The van der Waals surface area contributed by atoms with Crippen LogP contribution in [-0.4, -0.2) is 40.3 Å². The zero-order valence-corrected chi connectivity index (χ0v) is 16.9. The standard InChI is InChI=1S/C10H14N2O2S.C6H5ClO2S.ClH/c11-9-6-7-12(8-9)15(13,14)10-4-2-1-3-5-10;7-10(8,9)6-4-2-1-3-5-6;/h1-5,9H,6-8,11H2;1-5H;1H/t9-;;/m1../s1. The molecule has 3 rings (SSSR count). The van der Waals surface area contributed by atoms with Crippen LogP contribution < -0.4 is 5.73 Å². The fraction of sp³-hybridized carbons (Fsp3) is 0.250. The molecule has 0 amide bonds. The lowest BCUT2D eigenvalue weighted by Gasteiger charge is -2.15. The molecule has 0 aromatic heterocycles. The lowest BCUT2D eigenvalue weighted by Crippen LogP contribution is -2.31. The van der Waals surface area contributed by atoms with Gasteiger partial charge in [0.25, 0.3) is 9.05 Å². The molecule has 2 N–H and O–H groups in total. The highest BCUT2D eigenvalue weighted by molar-refractivity contribution is 8.13. The van der Waals surface area contributed by atoms with Crippen molar-refractivity contribution in [2.45, 2.75) is 22.3 Å².